The van der Waals surface area contributed by atoms with Crippen LogP contribution in [-0.2, 0) is 0 Å². The highest BCUT2D eigenvalue weighted by atomic mass is 127. The molecule has 0 saturated heterocycles. The van der Waals surface area contributed by atoms with Gasteiger partial charge in [-0.05, 0) is 48.6 Å². The van der Waals surface area contributed by atoms with Gasteiger partial charge >= 0.3 is 0 Å². The van der Waals surface area contributed by atoms with Crippen LogP contribution in [0.15, 0.2) is 22.7 Å². The fourth-order valence-corrected chi connectivity index (χ4v) is 2.66. The second-order valence-electron chi connectivity index (χ2n) is 4.31. The highest BCUT2D eigenvalue weighted by Crippen LogP contribution is 2.30. The van der Waals surface area contributed by atoms with Crippen molar-refractivity contribution < 1.29 is 10.0 Å². The Morgan fingerprint density at radius 2 is 2.28 bits per heavy atom. The number of hydrogen-bond donors (Lipinski definition) is 2. The molecule has 2 N–H and O–H groups in total. The first-order chi connectivity index (χ1) is 8.19. The Morgan fingerprint density at radius 3 is 2.78 bits per heavy atom. The van der Waals surface area contributed by atoms with Gasteiger partial charge in [0.05, 0.1) is 4.92 Å². The molecule has 0 aromatic heterocycles. The molecule has 1 rings (SSSR count). The molecule has 0 radical (unpaired) electrons. The van der Waals surface area contributed by atoms with Crippen LogP contribution in [0.5, 0.6) is 0 Å². The van der Waals surface area contributed by atoms with E-state index in [2.05, 4.69) is 21.2 Å². The Kier molecular flexibility index (Phi) is 5.35. The standard InChI is InChI=1S/C11H14BrIN2O3/c1-7(6-11(2,13)16)14-9-4-3-8(12)5-10(9)15(17)18/h3-5,7,14,16H,6H2,1-2H3/t7-,11+/m1/s1. The molecule has 0 amide bonds. The van der Waals surface area contributed by atoms with E-state index in [9.17, 15) is 15.2 Å². The Morgan fingerprint density at radius 1 is 1.67 bits per heavy atom. The molecule has 0 aliphatic rings. The maximum Gasteiger partial charge on any atom is 0.293 e. The first-order valence-corrected chi connectivity index (χ1v) is 7.18. The number of aliphatic hydroxyl groups is 1. The van der Waals surface area contributed by atoms with Crippen LogP contribution in [0.1, 0.15) is 20.3 Å². The molecule has 0 unspecified atom stereocenters. The van der Waals surface area contributed by atoms with E-state index in [1.54, 1.807) is 19.1 Å². The number of anilines is 1. The van der Waals surface area contributed by atoms with Gasteiger partial charge in [0.2, 0.25) is 0 Å². The number of nitro benzene ring substituents is 1. The number of hydrogen-bond acceptors (Lipinski definition) is 4. The van der Waals surface area contributed by atoms with E-state index in [-0.39, 0.29) is 11.7 Å². The summed E-state index contributed by atoms with van der Waals surface area (Å²) in [4.78, 5) is 10.5. The van der Waals surface area contributed by atoms with Crippen molar-refractivity contribution in [1.82, 2.24) is 0 Å². The van der Waals surface area contributed by atoms with Gasteiger partial charge in [0.25, 0.3) is 5.69 Å². The zero-order valence-corrected chi connectivity index (χ0v) is 13.7. The minimum Gasteiger partial charge on any atom is -0.380 e. The van der Waals surface area contributed by atoms with Crippen LogP contribution in [0.3, 0.4) is 0 Å². The van der Waals surface area contributed by atoms with Gasteiger partial charge in [-0.2, -0.15) is 0 Å². The molecule has 1 aromatic rings. The Hall–Kier alpha value is -0.410. The molecule has 0 heterocycles. The third kappa shape index (κ3) is 5.07. The molecule has 0 fully saturated rings. The van der Waals surface area contributed by atoms with Crippen molar-refractivity contribution in [2.75, 3.05) is 5.32 Å². The zero-order valence-electron chi connectivity index (χ0n) is 9.98. The molecule has 0 bridgehead atoms. The van der Waals surface area contributed by atoms with E-state index in [0.717, 1.165) is 0 Å². The molecule has 0 saturated carbocycles. The van der Waals surface area contributed by atoms with Gasteiger partial charge < -0.3 is 10.4 Å². The van der Waals surface area contributed by atoms with Gasteiger partial charge in [-0.25, -0.2) is 0 Å². The molecule has 7 heteroatoms. The van der Waals surface area contributed by atoms with Crippen LogP contribution in [0, 0.1) is 10.1 Å². The summed E-state index contributed by atoms with van der Waals surface area (Å²) in [7, 11) is 0. The van der Waals surface area contributed by atoms with E-state index in [4.69, 9.17) is 0 Å². The van der Waals surface area contributed by atoms with Gasteiger partial charge in [0.1, 0.15) is 9.30 Å². The second-order valence-corrected chi connectivity index (χ2v) is 7.55. The third-order valence-corrected chi connectivity index (χ3v) is 3.17. The van der Waals surface area contributed by atoms with Crippen molar-refractivity contribution in [1.29, 1.82) is 0 Å². The Bertz CT molecular complexity index is 448. The largest absolute Gasteiger partial charge is 0.380 e. The lowest BCUT2D eigenvalue weighted by molar-refractivity contribution is -0.384. The van der Waals surface area contributed by atoms with Gasteiger partial charge in [-0.1, -0.05) is 15.9 Å². The first kappa shape index (κ1) is 15.6. The number of alkyl halides is 1. The van der Waals surface area contributed by atoms with Crippen LogP contribution in [0.4, 0.5) is 11.4 Å². The second kappa shape index (κ2) is 6.16. The number of rotatable bonds is 5. The SMILES string of the molecule is C[C@H](C[C@](C)(O)I)Nc1ccc(Br)cc1[N+](=O)[O-]. The molecular formula is C11H14BrIN2O3. The summed E-state index contributed by atoms with van der Waals surface area (Å²) in [6.07, 6.45) is 0.487. The fraction of sp³-hybridized carbons (Fsp3) is 0.455. The highest BCUT2D eigenvalue weighted by molar-refractivity contribution is 14.1. The minimum atomic E-state index is -0.839. The van der Waals surface area contributed by atoms with Crippen molar-refractivity contribution in [2.45, 2.75) is 29.9 Å². The average molecular weight is 429 g/mol. The topological polar surface area (TPSA) is 75.4 Å². The summed E-state index contributed by atoms with van der Waals surface area (Å²) in [5, 5.41) is 23.7. The van der Waals surface area contributed by atoms with Crippen LogP contribution < -0.4 is 5.32 Å². The number of halogens is 2. The van der Waals surface area contributed by atoms with E-state index >= 15 is 0 Å². The van der Waals surface area contributed by atoms with Gasteiger partial charge in [0, 0.05) is 23.0 Å². The molecule has 1 aromatic carbocycles. The van der Waals surface area contributed by atoms with Crippen LogP contribution in [0.2, 0.25) is 0 Å². The number of nitrogens with one attached hydrogen (secondary N) is 1. The summed E-state index contributed by atoms with van der Waals surface area (Å²) in [6.45, 7) is 3.57. The van der Waals surface area contributed by atoms with Crippen molar-refractivity contribution in [3.63, 3.8) is 0 Å². The summed E-state index contributed by atoms with van der Waals surface area (Å²) in [6, 6.07) is 4.78. The Balaban J connectivity index is 2.87. The number of nitrogens with zero attached hydrogens (tertiary/aromatic N) is 1. The maximum atomic E-state index is 10.9. The molecule has 18 heavy (non-hydrogen) atoms. The van der Waals surface area contributed by atoms with Gasteiger partial charge in [-0.3, -0.25) is 10.1 Å². The molecule has 5 nitrogen and oxygen atoms in total. The van der Waals surface area contributed by atoms with Gasteiger partial charge in [0.15, 0.2) is 0 Å². The summed E-state index contributed by atoms with van der Waals surface area (Å²) < 4.78 is -0.179. The number of nitro groups is 1. The van der Waals surface area contributed by atoms with Crippen molar-refractivity contribution in [3.8, 4) is 0 Å². The van der Waals surface area contributed by atoms with Gasteiger partial charge in [-0.15, -0.1) is 0 Å². The van der Waals surface area contributed by atoms with Crippen LogP contribution >= 0.6 is 38.5 Å². The molecule has 0 spiro atoms. The first-order valence-electron chi connectivity index (χ1n) is 5.31. The number of benzene rings is 1. The molecule has 0 aliphatic heterocycles. The molecule has 2 atom stereocenters. The predicted molar refractivity (Wildman–Crippen MR) is 83.1 cm³/mol. The lowest BCUT2D eigenvalue weighted by atomic mass is 10.1. The molecule has 100 valence electrons. The quantitative estimate of drug-likeness (QED) is 0.324. The van der Waals surface area contributed by atoms with E-state index in [1.807, 2.05) is 29.5 Å². The smallest absolute Gasteiger partial charge is 0.293 e. The lowest BCUT2D eigenvalue weighted by Crippen LogP contribution is -2.26. The van der Waals surface area contributed by atoms with E-state index in [1.165, 1.54) is 6.07 Å². The highest BCUT2D eigenvalue weighted by Gasteiger charge is 2.21. The average Bonchev–Trinajstić information content (AvgIpc) is 2.17. The van der Waals surface area contributed by atoms with Crippen LogP contribution in [-0.4, -0.2) is 19.7 Å². The zero-order chi connectivity index (χ0) is 13.9. The van der Waals surface area contributed by atoms with Crippen molar-refractivity contribution in [3.05, 3.63) is 32.8 Å². The normalized spacial score (nSPS) is 15.8. The van der Waals surface area contributed by atoms with Crippen molar-refractivity contribution >= 4 is 49.9 Å². The summed E-state index contributed by atoms with van der Waals surface area (Å²) >= 11 is 5.14. The molecule has 0 aliphatic carbocycles. The Labute approximate surface area is 127 Å². The van der Waals surface area contributed by atoms with E-state index in [0.29, 0.717) is 16.6 Å². The molecular weight excluding hydrogens is 415 g/mol. The third-order valence-electron chi connectivity index (χ3n) is 2.24. The van der Waals surface area contributed by atoms with Crippen LogP contribution in [0.25, 0.3) is 0 Å². The minimum absolute atomic E-state index is 0.0179. The maximum absolute atomic E-state index is 10.9. The summed E-state index contributed by atoms with van der Waals surface area (Å²) in [5.74, 6) is 0. The summed E-state index contributed by atoms with van der Waals surface area (Å²) in [5.41, 5.74) is 0.473. The fourth-order valence-electron chi connectivity index (χ4n) is 1.65. The van der Waals surface area contributed by atoms with E-state index < -0.39 is 8.53 Å². The lowest BCUT2D eigenvalue weighted by Gasteiger charge is -2.22. The predicted octanol–water partition coefficient (Wildman–Crippen LogP) is 3.69. The monoisotopic (exact) mass is 428 g/mol. The van der Waals surface area contributed by atoms with Crippen molar-refractivity contribution in [2.24, 2.45) is 0 Å².